The maximum Gasteiger partial charge on any atom is 0.248 e. The van der Waals surface area contributed by atoms with Gasteiger partial charge in [0.1, 0.15) is 6.61 Å². The van der Waals surface area contributed by atoms with Gasteiger partial charge in [0.05, 0.1) is 0 Å². The molecule has 2 saturated heterocycles. The van der Waals surface area contributed by atoms with Crippen LogP contribution in [-0.4, -0.2) is 60.5 Å². The van der Waals surface area contributed by atoms with Gasteiger partial charge in [-0.1, -0.05) is 0 Å². The van der Waals surface area contributed by atoms with Gasteiger partial charge in [-0.25, -0.2) is 0 Å². The quantitative estimate of drug-likeness (QED) is 0.739. The molecule has 102 valence electrons. The predicted octanol–water partition coefficient (Wildman–Crippen LogP) is 0.636. The normalized spacial score (nSPS) is 21.7. The van der Waals surface area contributed by atoms with E-state index in [4.69, 9.17) is 4.74 Å². The van der Waals surface area contributed by atoms with E-state index in [1.165, 1.54) is 0 Å². The second kappa shape index (κ2) is 6.18. The van der Waals surface area contributed by atoms with Crippen LogP contribution in [-0.2, 0) is 14.3 Å². The molecule has 0 radical (unpaired) electrons. The predicted molar refractivity (Wildman–Crippen MR) is 67.0 cm³/mol. The monoisotopic (exact) mass is 254 g/mol. The molecule has 5 nitrogen and oxygen atoms in total. The molecule has 0 aromatic rings. The van der Waals surface area contributed by atoms with E-state index in [1.54, 1.807) is 0 Å². The van der Waals surface area contributed by atoms with Crippen molar-refractivity contribution < 1.29 is 14.3 Å². The van der Waals surface area contributed by atoms with E-state index in [0.29, 0.717) is 19.1 Å². The number of hydrogen-bond donors (Lipinski definition) is 0. The van der Waals surface area contributed by atoms with Crippen molar-refractivity contribution in [3.8, 4) is 0 Å². The Kier molecular flexibility index (Phi) is 4.58. The smallest absolute Gasteiger partial charge is 0.248 e. The average Bonchev–Trinajstić information content (AvgIpc) is 2.82. The van der Waals surface area contributed by atoms with Crippen molar-refractivity contribution in [1.82, 2.24) is 9.80 Å². The molecule has 18 heavy (non-hydrogen) atoms. The Hall–Kier alpha value is -1.10. The number of rotatable bonds is 4. The van der Waals surface area contributed by atoms with E-state index in [-0.39, 0.29) is 18.4 Å². The third-order valence-corrected chi connectivity index (χ3v) is 3.80. The summed E-state index contributed by atoms with van der Waals surface area (Å²) in [4.78, 5) is 27.3. The van der Waals surface area contributed by atoms with Crippen molar-refractivity contribution in [3.05, 3.63) is 0 Å². The molecule has 0 spiro atoms. The second-order valence-electron chi connectivity index (χ2n) is 4.94. The summed E-state index contributed by atoms with van der Waals surface area (Å²) in [6.45, 7) is 5.05. The van der Waals surface area contributed by atoms with E-state index in [2.05, 4.69) is 0 Å². The van der Waals surface area contributed by atoms with Crippen LogP contribution in [0.4, 0.5) is 0 Å². The first-order valence-corrected chi connectivity index (χ1v) is 6.87. The van der Waals surface area contributed by atoms with Crippen molar-refractivity contribution in [1.29, 1.82) is 0 Å². The fourth-order valence-electron chi connectivity index (χ4n) is 2.76. The minimum absolute atomic E-state index is 0.0723. The highest BCUT2D eigenvalue weighted by Crippen LogP contribution is 2.22. The van der Waals surface area contributed by atoms with Gasteiger partial charge < -0.3 is 14.5 Å². The minimum atomic E-state index is 0.0723. The van der Waals surface area contributed by atoms with Crippen molar-refractivity contribution in [2.45, 2.75) is 38.6 Å². The molecule has 0 N–H and O–H groups in total. The van der Waals surface area contributed by atoms with Gasteiger partial charge in [-0.15, -0.1) is 0 Å². The van der Waals surface area contributed by atoms with E-state index in [0.717, 1.165) is 38.9 Å². The van der Waals surface area contributed by atoms with Crippen LogP contribution in [0.15, 0.2) is 0 Å². The molecule has 0 atom stereocenters. The Bertz CT molecular complexity index is 311. The minimum Gasteiger partial charge on any atom is -0.372 e. The van der Waals surface area contributed by atoms with Crippen molar-refractivity contribution in [2.75, 3.05) is 32.8 Å². The summed E-state index contributed by atoms with van der Waals surface area (Å²) in [6, 6.07) is 0.344. The van der Waals surface area contributed by atoms with E-state index in [1.807, 2.05) is 16.7 Å². The molecule has 2 aliphatic heterocycles. The van der Waals surface area contributed by atoms with E-state index >= 15 is 0 Å². The molecule has 0 aromatic carbocycles. The Balaban J connectivity index is 1.77. The van der Waals surface area contributed by atoms with Gasteiger partial charge in [-0.3, -0.25) is 9.59 Å². The molecule has 2 fully saturated rings. The molecule has 0 aliphatic carbocycles. The number of piperidine rings is 1. The molecule has 2 aliphatic rings. The molecular formula is C13H22N2O3. The third-order valence-electron chi connectivity index (χ3n) is 3.80. The average molecular weight is 254 g/mol. The van der Waals surface area contributed by atoms with Gasteiger partial charge in [0, 0.05) is 38.7 Å². The van der Waals surface area contributed by atoms with Gasteiger partial charge >= 0.3 is 0 Å². The summed E-state index contributed by atoms with van der Waals surface area (Å²) < 4.78 is 5.14. The molecular weight excluding hydrogens is 232 g/mol. The number of likely N-dealkylation sites (tertiary alicyclic amines) is 2. The lowest BCUT2D eigenvalue weighted by atomic mass is 10.0. The van der Waals surface area contributed by atoms with Crippen molar-refractivity contribution in [3.63, 3.8) is 0 Å². The number of hydrogen-bond acceptors (Lipinski definition) is 3. The summed E-state index contributed by atoms with van der Waals surface area (Å²) in [5, 5.41) is 0. The van der Waals surface area contributed by atoms with Crippen LogP contribution < -0.4 is 0 Å². The van der Waals surface area contributed by atoms with Crippen LogP contribution in [0.1, 0.15) is 32.6 Å². The number of carbonyl (C=O) groups is 2. The number of carbonyl (C=O) groups excluding carboxylic acids is 2. The fraction of sp³-hybridized carbons (Fsp3) is 0.846. The number of amides is 2. The van der Waals surface area contributed by atoms with Crippen LogP contribution in [0, 0.1) is 0 Å². The fourth-order valence-corrected chi connectivity index (χ4v) is 2.76. The molecule has 0 bridgehead atoms. The molecule has 0 unspecified atom stereocenters. The summed E-state index contributed by atoms with van der Waals surface area (Å²) >= 11 is 0. The summed E-state index contributed by atoms with van der Waals surface area (Å²) in [6.07, 6.45) is 3.50. The highest BCUT2D eigenvalue weighted by Gasteiger charge is 2.31. The van der Waals surface area contributed by atoms with Crippen LogP contribution in [0.25, 0.3) is 0 Å². The lowest BCUT2D eigenvalue weighted by molar-refractivity contribution is -0.138. The van der Waals surface area contributed by atoms with Gasteiger partial charge in [-0.05, 0) is 26.2 Å². The largest absolute Gasteiger partial charge is 0.372 e. The van der Waals surface area contributed by atoms with Crippen molar-refractivity contribution in [2.24, 2.45) is 0 Å². The van der Waals surface area contributed by atoms with E-state index in [9.17, 15) is 9.59 Å². The first kappa shape index (κ1) is 13.3. The lowest BCUT2D eigenvalue weighted by Gasteiger charge is -2.36. The zero-order valence-electron chi connectivity index (χ0n) is 11.1. The highest BCUT2D eigenvalue weighted by atomic mass is 16.5. The Morgan fingerprint density at radius 1 is 1.33 bits per heavy atom. The van der Waals surface area contributed by atoms with Crippen LogP contribution in [0.3, 0.4) is 0 Å². The van der Waals surface area contributed by atoms with Crippen LogP contribution in [0.2, 0.25) is 0 Å². The highest BCUT2D eigenvalue weighted by molar-refractivity contribution is 5.79. The SMILES string of the molecule is CCOCC(=O)N1CCC(N2CCCC2=O)CC1. The summed E-state index contributed by atoms with van der Waals surface area (Å²) in [5.74, 6) is 0.358. The first-order chi connectivity index (χ1) is 8.72. The van der Waals surface area contributed by atoms with Crippen molar-refractivity contribution >= 4 is 11.8 Å². The Morgan fingerprint density at radius 3 is 2.61 bits per heavy atom. The van der Waals surface area contributed by atoms with Crippen LogP contribution in [0.5, 0.6) is 0 Å². The molecule has 5 heteroatoms. The zero-order valence-corrected chi connectivity index (χ0v) is 11.1. The molecule has 0 aromatic heterocycles. The van der Waals surface area contributed by atoms with Gasteiger partial charge in [0.2, 0.25) is 11.8 Å². The summed E-state index contributed by atoms with van der Waals surface area (Å²) in [7, 11) is 0. The molecule has 2 amide bonds. The maximum atomic E-state index is 11.8. The van der Waals surface area contributed by atoms with Crippen LogP contribution >= 0.6 is 0 Å². The number of ether oxygens (including phenoxy) is 1. The van der Waals surface area contributed by atoms with Gasteiger partial charge in [0.25, 0.3) is 0 Å². The van der Waals surface area contributed by atoms with E-state index < -0.39 is 0 Å². The zero-order chi connectivity index (χ0) is 13.0. The first-order valence-electron chi connectivity index (χ1n) is 6.87. The van der Waals surface area contributed by atoms with Gasteiger partial charge in [0.15, 0.2) is 0 Å². The molecule has 2 heterocycles. The molecule has 0 saturated carbocycles. The Labute approximate surface area is 108 Å². The third kappa shape index (κ3) is 3.02. The summed E-state index contributed by atoms with van der Waals surface area (Å²) in [5.41, 5.74) is 0. The maximum absolute atomic E-state index is 11.8. The second-order valence-corrected chi connectivity index (χ2v) is 4.94. The topological polar surface area (TPSA) is 49.9 Å². The standard InChI is InChI=1S/C13H22N2O3/c1-2-18-10-13(17)14-8-5-11(6-9-14)15-7-3-4-12(15)16/h11H,2-10H2,1H3. The molecule has 2 rings (SSSR count). The lowest BCUT2D eigenvalue weighted by Crippen LogP contribution is -2.47. The number of nitrogens with zero attached hydrogens (tertiary/aromatic N) is 2. The van der Waals surface area contributed by atoms with Gasteiger partial charge in [-0.2, -0.15) is 0 Å². The Morgan fingerprint density at radius 2 is 2.06 bits per heavy atom.